The van der Waals surface area contributed by atoms with Gasteiger partial charge >= 0.3 is 5.97 Å². The molecule has 2 aromatic carbocycles. The van der Waals surface area contributed by atoms with Gasteiger partial charge in [-0.1, -0.05) is 42.5 Å². The first kappa shape index (κ1) is 22.9. The van der Waals surface area contributed by atoms with E-state index in [0.717, 1.165) is 31.2 Å². The summed E-state index contributed by atoms with van der Waals surface area (Å²) in [6.45, 7) is 0.643. The van der Waals surface area contributed by atoms with Gasteiger partial charge in [-0.25, -0.2) is 13.9 Å². The Kier molecular flexibility index (Phi) is 7.29. The summed E-state index contributed by atoms with van der Waals surface area (Å²) in [4.78, 5) is 23.6. The third kappa shape index (κ3) is 5.73. The predicted molar refractivity (Wildman–Crippen MR) is 123 cm³/mol. The standard InChI is InChI=1S/C26H27FN2O4/c27-23-9-5-4-8-21(23)26-22(20-6-2-1-3-7-20)14-24(30)29(28-26)15-18-10-12-19(13-11-18)16-33-17-25(31)32/h1-9,14,18-19H,10-13,15-17H2,(H,31,32). The average Bonchev–Trinajstić information content (AvgIpc) is 2.82. The highest BCUT2D eigenvalue weighted by atomic mass is 19.1. The van der Waals surface area contributed by atoms with E-state index in [0.29, 0.717) is 35.9 Å². The normalized spacial score (nSPS) is 18.2. The zero-order valence-corrected chi connectivity index (χ0v) is 18.3. The van der Waals surface area contributed by atoms with Gasteiger partial charge in [-0.05, 0) is 55.2 Å². The third-order valence-corrected chi connectivity index (χ3v) is 6.19. The Morgan fingerprint density at radius 2 is 1.67 bits per heavy atom. The van der Waals surface area contributed by atoms with Crippen LogP contribution in [0.1, 0.15) is 25.7 Å². The zero-order valence-electron chi connectivity index (χ0n) is 18.3. The van der Waals surface area contributed by atoms with E-state index in [1.54, 1.807) is 24.3 Å². The molecule has 1 fully saturated rings. The summed E-state index contributed by atoms with van der Waals surface area (Å²) in [5.41, 5.74) is 2.04. The molecule has 1 N–H and O–H groups in total. The summed E-state index contributed by atoms with van der Waals surface area (Å²) in [5, 5.41) is 13.3. The van der Waals surface area contributed by atoms with Crippen LogP contribution in [0, 0.1) is 17.7 Å². The molecule has 0 radical (unpaired) electrons. The quantitative estimate of drug-likeness (QED) is 0.541. The zero-order chi connectivity index (χ0) is 23.2. The lowest BCUT2D eigenvalue weighted by molar-refractivity contribution is -0.142. The van der Waals surface area contributed by atoms with Crippen LogP contribution in [0.4, 0.5) is 4.39 Å². The average molecular weight is 451 g/mol. The maximum atomic E-state index is 14.7. The fraction of sp³-hybridized carbons (Fsp3) is 0.346. The summed E-state index contributed by atoms with van der Waals surface area (Å²) in [7, 11) is 0. The molecule has 1 aromatic heterocycles. The van der Waals surface area contributed by atoms with E-state index in [-0.39, 0.29) is 23.9 Å². The van der Waals surface area contributed by atoms with Crippen LogP contribution in [0.3, 0.4) is 0 Å². The first-order valence-electron chi connectivity index (χ1n) is 11.2. The van der Waals surface area contributed by atoms with Crippen molar-refractivity contribution in [2.45, 2.75) is 32.2 Å². The molecule has 4 rings (SSSR count). The minimum absolute atomic E-state index is 0.208. The highest BCUT2D eigenvalue weighted by Crippen LogP contribution is 2.32. The molecule has 0 saturated heterocycles. The molecule has 7 heteroatoms. The molecule has 1 aliphatic rings. The lowest BCUT2D eigenvalue weighted by Gasteiger charge is -2.28. The van der Waals surface area contributed by atoms with E-state index in [4.69, 9.17) is 9.84 Å². The molecule has 1 aliphatic carbocycles. The molecule has 33 heavy (non-hydrogen) atoms. The fourth-order valence-electron chi connectivity index (χ4n) is 4.45. The van der Waals surface area contributed by atoms with Crippen molar-refractivity contribution < 1.29 is 19.0 Å². The van der Waals surface area contributed by atoms with Crippen LogP contribution < -0.4 is 5.56 Å². The molecule has 0 amide bonds. The van der Waals surface area contributed by atoms with Gasteiger partial charge in [0.2, 0.25) is 0 Å². The van der Waals surface area contributed by atoms with Crippen LogP contribution in [-0.4, -0.2) is 34.1 Å². The third-order valence-electron chi connectivity index (χ3n) is 6.19. The van der Waals surface area contributed by atoms with Crippen molar-refractivity contribution >= 4 is 5.97 Å². The minimum atomic E-state index is -0.959. The molecule has 3 aromatic rings. The number of aromatic nitrogens is 2. The van der Waals surface area contributed by atoms with Crippen LogP contribution in [0.2, 0.25) is 0 Å². The molecule has 1 heterocycles. The van der Waals surface area contributed by atoms with Crippen molar-refractivity contribution in [2.75, 3.05) is 13.2 Å². The second-order valence-corrected chi connectivity index (χ2v) is 8.57. The van der Waals surface area contributed by atoms with E-state index < -0.39 is 5.97 Å². The van der Waals surface area contributed by atoms with Gasteiger partial charge < -0.3 is 9.84 Å². The maximum Gasteiger partial charge on any atom is 0.329 e. The highest BCUT2D eigenvalue weighted by molar-refractivity contribution is 5.80. The molecule has 172 valence electrons. The molecule has 0 aliphatic heterocycles. The first-order valence-corrected chi connectivity index (χ1v) is 11.2. The van der Waals surface area contributed by atoms with E-state index in [2.05, 4.69) is 5.10 Å². The summed E-state index contributed by atoms with van der Waals surface area (Å²) in [6, 6.07) is 17.5. The summed E-state index contributed by atoms with van der Waals surface area (Å²) in [5.74, 6) is -0.727. The van der Waals surface area contributed by atoms with E-state index in [9.17, 15) is 14.0 Å². The fourth-order valence-corrected chi connectivity index (χ4v) is 4.45. The molecule has 0 atom stereocenters. The molecule has 0 bridgehead atoms. The topological polar surface area (TPSA) is 81.4 Å². The molecule has 6 nitrogen and oxygen atoms in total. The van der Waals surface area contributed by atoms with Gasteiger partial charge in [0, 0.05) is 23.7 Å². The van der Waals surface area contributed by atoms with Crippen LogP contribution in [0.5, 0.6) is 0 Å². The summed E-state index contributed by atoms with van der Waals surface area (Å²) < 4.78 is 21.4. The Labute approximate surface area is 191 Å². The lowest BCUT2D eigenvalue weighted by atomic mass is 9.82. The number of ether oxygens (including phenoxy) is 1. The second kappa shape index (κ2) is 10.5. The van der Waals surface area contributed by atoms with E-state index in [1.165, 1.54) is 10.7 Å². The van der Waals surface area contributed by atoms with Gasteiger partial charge in [-0.15, -0.1) is 0 Å². The van der Waals surface area contributed by atoms with Crippen LogP contribution in [-0.2, 0) is 16.1 Å². The van der Waals surface area contributed by atoms with Gasteiger partial charge in [0.1, 0.15) is 18.1 Å². The maximum absolute atomic E-state index is 14.7. The van der Waals surface area contributed by atoms with Gasteiger partial charge in [-0.3, -0.25) is 4.79 Å². The number of halogens is 1. The lowest BCUT2D eigenvalue weighted by Crippen LogP contribution is -2.29. The largest absolute Gasteiger partial charge is 0.480 e. The Balaban J connectivity index is 1.55. The number of nitrogens with zero attached hydrogens (tertiary/aromatic N) is 2. The Bertz CT molecular complexity index is 1150. The molecule has 1 saturated carbocycles. The molecule has 0 unspecified atom stereocenters. The molecule has 0 spiro atoms. The van der Waals surface area contributed by atoms with Gasteiger partial charge in [0.25, 0.3) is 5.56 Å². The van der Waals surface area contributed by atoms with Gasteiger partial charge in [-0.2, -0.15) is 5.10 Å². The number of carbonyl (C=O) groups is 1. The van der Waals surface area contributed by atoms with Crippen molar-refractivity contribution in [3.05, 3.63) is 76.8 Å². The number of carboxylic acid groups (broad SMARTS) is 1. The Morgan fingerprint density at radius 1 is 1.00 bits per heavy atom. The Morgan fingerprint density at radius 3 is 2.36 bits per heavy atom. The van der Waals surface area contributed by atoms with E-state index in [1.807, 2.05) is 30.3 Å². The van der Waals surface area contributed by atoms with Crippen molar-refractivity contribution in [3.63, 3.8) is 0 Å². The van der Waals surface area contributed by atoms with Crippen LogP contribution in [0.25, 0.3) is 22.4 Å². The second-order valence-electron chi connectivity index (χ2n) is 8.57. The number of aliphatic carboxylic acids is 1. The number of carboxylic acids is 1. The van der Waals surface area contributed by atoms with Gasteiger partial charge in [0.05, 0.1) is 6.61 Å². The minimum Gasteiger partial charge on any atom is -0.480 e. The first-order chi connectivity index (χ1) is 16.0. The van der Waals surface area contributed by atoms with Crippen molar-refractivity contribution in [1.82, 2.24) is 9.78 Å². The smallest absolute Gasteiger partial charge is 0.329 e. The number of benzene rings is 2. The highest BCUT2D eigenvalue weighted by Gasteiger charge is 2.23. The molecular formula is C26H27FN2O4. The molecular weight excluding hydrogens is 423 g/mol. The van der Waals surface area contributed by atoms with Crippen molar-refractivity contribution in [2.24, 2.45) is 11.8 Å². The number of hydrogen-bond donors (Lipinski definition) is 1. The number of hydrogen-bond acceptors (Lipinski definition) is 4. The van der Waals surface area contributed by atoms with Gasteiger partial charge in [0.15, 0.2) is 0 Å². The predicted octanol–water partition coefficient (Wildman–Crippen LogP) is 4.62. The van der Waals surface area contributed by atoms with Crippen LogP contribution >= 0.6 is 0 Å². The van der Waals surface area contributed by atoms with E-state index >= 15 is 0 Å². The monoisotopic (exact) mass is 450 g/mol. The van der Waals surface area contributed by atoms with Crippen molar-refractivity contribution in [1.29, 1.82) is 0 Å². The van der Waals surface area contributed by atoms with Crippen LogP contribution in [0.15, 0.2) is 65.5 Å². The SMILES string of the molecule is O=C(O)COCC1CCC(Cn2nc(-c3ccccc3F)c(-c3ccccc3)cc2=O)CC1. The van der Waals surface area contributed by atoms with Crippen molar-refractivity contribution in [3.8, 4) is 22.4 Å². The summed E-state index contributed by atoms with van der Waals surface area (Å²) >= 11 is 0. The summed E-state index contributed by atoms with van der Waals surface area (Å²) in [6.07, 6.45) is 3.65. The Hall–Kier alpha value is -3.32. The number of rotatable bonds is 8.